The summed E-state index contributed by atoms with van der Waals surface area (Å²) in [5.74, 6) is 2.37. The maximum atomic E-state index is 3.78. The zero-order chi connectivity index (χ0) is 14.5. The summed E-state index contributed by atoms with van der Waals surface area (Å²) in [7, 11) is 0. The van der Waals surface area contributed by atoms with Gasteiger partial charge in [0.2, 0.25) is 0 Å². The van der Waals surface area contributed by atoms with Crippen LogP contribution in [0.3, 0.4) is 0 Å². The van der Waals surface area contributed by atoms with Gasteiger partial charge in [-0.2, -0.15) is 0 Å². The van der Waals surface area contributed by atoms with E-state index in [9.17, 15) is 0 Å². The molecule has 0 aliphatic heterocycles. The van der Waals surface area contributed by atoms with Gasteiger partial charge >= 0.3 is 0 Å². The Balaban J connectivity index is 1.93. The molecule has 1 aromatic carbocycles. The van der Waals surface area contributed by atoms with Gasteiger partial charge in [0, 0.05) is 11.7 Å². The van der Waals surface area contributed by atoms with Crippen LogP contribution in [-0.2, 0) is 0 Å². The molecule has 1 fully saturated rings. The Labute approximate surface area is 125 Å². The van der Waals surface area contributed by atoms with Crippen LogP contribution in [0.2, 0.25) is 0 Å². The van der Waals surface area contributed by atoms with Crippen LogP contribution in [0.1, 0.15) is 71.3 Å². The van der Waals surface area contributed by atoms with Crippen molar-refractivity contribution in [2.24, 2.45) is 11.8 Å². The van der Waals surface area contributed by atoms with E-state index in [0.717, 1.165) is 11.8 Å². The highest BCUT2D eigenvalue weighted by Gasteiger charge is 2.22. The molecule has 2 rings (SSSR count). The summed E-state index contributed by atoms with van der Waals surface area (Å²) >= 11 is 0. The van der Waals surface area contributed by atoms with Gasteiger partial charge in [-0.05, 0) is 54.7 Å². The summed E-state index contributed by atoms with van der Waals surface area (Å²) in [4.78, 5) is 0. The SMILES string of the molecule is CC(C)CC1CCCC(Nc2cccc(C(C)C)c2)C1. The number of hydrogen-bond donors (Lipinski definition) is 1. The van der Waals surface area contributed by atoms with Gasteiger partial charge in [0.15, 0.2) is 0 Å². The molecule has 0 heterocycles. The molecule has 1 N–H and O–H groups in total. The maximum absolute atomic E-state index is 3.78. The van der Waals surface area contributed by atoms with Crippen LogP contribution in [0.15, 0.2) is 24.3 Å². The van der Waals surface area contributed by atoms with Gasteiger partial charge in [-0.25, -0.2) is 0 Å². The standard InChI is InChI=1S/C19H31N/c1-14(2)11-16-7-5-9-18(12-16)20-19-10-6-8-17(13-19)15(3)4/h6,8,10,13-16,18,20H,5,7,9,11-12H2,1-4H3. The Kier molecular flexibility index (Phi) is 5.51. The molecule has 1 aliphatic carbocycles. The zero-order valence-electron chi connectivity index (χ0n) is 13.7. The molecule has 1 nitrogen and oxygen atoms in total. The van der Waals surface area contributed by atoms with E-state index in [1.54, 1.807) is 0 Å². The Bertz CT molecular complexity index is 408. The molecule has 0 radical (unpaired) electrons. The smallest absolute Gasteiger partial charge is 0.0345 e. The van der Waals surface area contributed by atoms with Crippen LogP contribution in [-0.4, -0.2) is 6.04 Å². The molecular formula is C19H31N. The van der Waals surface area contributed by atoms with E-state index in [0.29, 0.717) is 12.0 Å². The van der Waals surface area contributed by atoms with Crippen LogP contribution in [0.5, 0.6) is 0 Å². The maximum Gasteiger partial charge on any atom is 0.0345 e. The number of nitrogens with one attached hydrogen (secondary N) is 1. The average molecular weight is 273 g/mol. The molecule has 1 aromatic rings. The van der Waals surface area contributed by atoms with E-state index in [2.05, 4.69) is 57.3 Å². The Morgan fingerprint density at radius 2 is 1.95 bits per heavy atom. The Morgan fingerprint density at radius 3 is 2.65 bits per heavy atom. The largest absolute Gasteiger partial charge is 0.382 e. The van der Waals surface area contributed by atoms with Crippen molar-refractivity contribution in [1.82, 2.24) is 0 Å². The molecule has 1 saturated carbocycles. The summed E-state index contributed by atoms with van der Waals surface area (Å²) in [6, 6.07) is 9.65. The van der Waals surface area contributed by atoms with Crippen molar-refractivity contribution in [2.45, 2.75) is 71.8 Å². The van der Waals surface area contributed by atoms with E-state index >= 15 is 0 Å². The van der Waals surface area contributed by atoms with Crippen molar-refractivity contribution in [3.05, 3.63) is 29.8 Å². The van der Waals surface area contributed by atoms with Gasteiger partial charge in [-0.3, -0.25) is 0 Å². The molecule has 1 aliphatic rings. The van der Waals surface area contributed by atoms with Crippen LogP contribution in [0.4, 0.5) is 5.69 Å². The first kappa shape index (κ1) is 15.4. The second-order valence-corrected chi connectivity index (χ2v) is 7.28. The first-order valence-corrected chi connectivity index (χ1v) is 8.41. The van der Waals surface area contributed by atoms with Crippen molar-refractivity contribution in [3.63, 3.8) is 0 Å². The van der Waals surface area contributed by atoms with Crippen molar-refractivity contribution >= 4 is 5.69 Å². The zero-order valence-corrected chi connectivity index (χ0v) is 13.7. The number of hydrogen-bond acceptors (Lipinski definition) is 1. The van der Waals surface area contributed by atoms with Gasteiger partial charge < -0.3 is 5.32 Å². The molecular weight excluding hydrogens is 242 g/mol. The average Bonchev–Trinajstić information content (AvgIpc) is 2.38. The number of rotatable bonds is 5. The first-order valence-electron chi connectivity index (χ1n) is 8.41. The quantitative estimate of drug-likeness (QED) is 0.712. The third kappa shape index (κ3) is 4.54. The minimum atomic E-state index is 0.608. The highest BCUT2D eigenvalue weighted by atomic mass is 14.9. The second kappa shape index (κ2) is 7.15. The van der Waals surface area contributed by atoms with Gasteiger partial charge in [0.05, 0.1) is 0 Å². The molecule has 2 atom stereocenters. The van der Waals surface area contributed by atoms with Gasteiger partial charge in [0.25, 0.3) is 0 Å². The summed E-state index contributed by atoms with van der Waals surface area (Å²) < 4.78 is 0. The van der Waals surface area contributed by atoms with Crippen molar-refractivity contribution < 1.29 is 0 Å². The summed E-state index contributed by atoms with van der Waals surface area (Å²) in [5, 5.41) is 3.78. The Hall–Kier alpha value is -0.980. The van der Waals surface area contributed by atoms with E-state index in [1.165, 1.54) is 43.4 Å². The fourth-order valence-electron chi connectivity index (χ4n) is 3.53. The van der Waals surface area contributed by atoms with E-state index in [1.807, 2.05) is 0 Å². The van der Waals surface area contributed by atoms with Crippen LogP contribution in [0, 0.1) is 11.8 Å². The van der Waals surface area contributed by atoms with Crippen LogP contribution in [0.25, 0.3) is 0 Å². The lowest BCUT2D eigenvalue weighted by Gasteiger charge is -2.31. The van der Waals surface area contributed by atoms with Crippen molar-refractivity contribution in [2.75, 3.05) is 5.32 Å². The predicted molar refractivity (Wildman–Crippen MR) is 89.4 cm³/mol. The third-order valence-corrected chi connectivity index (χ3v) is 4.51. The lowest BCUT2D eigenvalue weighted by atomic mass is 9.81. The van der Waals surface area contributed by atoms with Gasteiger partial charge in [-0.1, -0.05) is 52.7 Å². The minimum Gasteiger partial charge on any atom is -0.382 e. The predicted octanol–water partition coefficient (Wildman–Crippen LogP) is 5.83. The van der Waals surface area contributed by atoms with Crippen LogP contribution < -0.4 is 5.32 Å². The molecule has 0 bridgehead atoms. The number of anilines is 1. The lowest BCUT2D eigenvalue weighted by Crippen LogP contribution is -2.28. The van der Waals surface area contributed by atoms with E-state index in [-0.39, 0.29) is 0 Å². The molecule has 0 saturated heterocycles. The molecule has 20 heavy (non-hydrogen) atoms. The minimum absolute atomic E-state index is 0.608. The molecule has 1 heteroatoms. The first-order chi connectivity index (χ1) is 9.54. The highest BCUT2D eigenvalue weighted by molar-refractivity contribution is 5.47. The third-order valence-electron chi connectivity index (χ3n) is 4.51. The van der Waals surface area contributed by atoms with Crippen molar-refractivity contribution in [3.8, 4) is 0 Å². The number of benzene rings is 1. The second-order valence-electron chi connectivity index (χ2n) is 7.28. The van der Waals surface area contributed by atoms with E-state index in [4.69, 9.17) is 0 Å². The fourth-order valence-corrected chi connectivity index (χ4v) is 3.53. The molecule has 112 valence electrons. The normalized spacial score (nSPS) is 23.3. The highest BCUT2D eigenvalue weighted by Crippen LogP contribution is 2.31. The fraction of sp³-hybridized carbons (Fsp3) is 0.684. The van der Waals surface area contributed by atoms with Crippen molar-refractivity contribution in [1.29, 1.82) is 0 Å². The summed E-state index contributed by atoms with van der Waals surface area (Å²) in [6.45, 7) is 9.23. The molecule has 0 spiro atoms. The van der Waals surface area contributed by atoms with Gasteiger partial charge in [-0.15, -0.1) is 0 Å². The topological polar surface area (TPSA) is 12.0 Å². The van der Waals surface area contributed by atoms with Crippen LogP contribution >= 0.6 is 0 Å². The molecule has 0 amide bonds. The summed E-state index contributed by atoms with van der Waals surface area (Å²) in [5.41, 5.74) is 2.75. The van der Waals surface area contributed by atoms with E-state index < -0.39 is 0 Å². The lowest BCUT2D eigenvalue weighted by molar-refractivity contribution is 0.289. The summed E-state index contributed by atoms with van der Waals surface area (Å²) in [6.07, 6.45) is 6.90. The molecule has 2 unspecified atom stereocenters. The Morgan fingerprint density at radius 1 is 1.15 bits per heavy atom. The monoisotopic (exact) mass is 273 g/mol. The van der Waals surface area contributed by atoms with Gasteiger partial charge in [0.1, 0.15) is 0 Å². The molecule has 0 aromatic heterocycles.